The molecule has 1 unspecified atom stereocenters. The first kappa shape index (κ1) is 25.5. The standard InChI is InChI=1S/C27H35N5O4S/c1-19-9-11-20(12-10-19)37(34,35)32-16-13-21-22(28-18-29-23(21)32)30(5)24-27(14-7-6-8-15-27)17-31(24)25(33)36-26(2,3)4/h9-13,16,18,24H,6-8,14-15,17H2,1-5H3. The van der Waals surface area contributed by atoms with Gasteiger partial charge in [0.05, 0.1) is 10.3 Å². The van der Waals surface area contributed by atoms with Crippen LogP contribution in [-0.4, -0.2) is 58.7 Å². The molecular weight excluding hydrogens is 490 g/mol. The smallest absolute Gasteiger partial charge is 0.411 e. The van der Waals surface area contributed by atoms with Crippen molar-refractivity contribution in [2.24, 2.45) is 5.41 Å². The Morgan fingerprint density at radius 3 is 2.41 bits per heavy atom. The first-order valence-corrected chi connectivity index (χ1v) is 14.2. The zero-order chi connectivity index (χ0) is 26.6. The van der Waals surface area contributed by atoms with Gasteiger partial charge in [0.2, 0.25) is 0 Å². The van der Waals surface area contributed by atoms with E-state index in [4.69, 9.17) is 4.74 Å². The third kappa shape index (κ3) is 4.45. The van der Waals surface area contributed by atoms with E-state index in [-0.39, 0.29) is 22.6 Å². The number of hydrogen-bond donors (Lipinski definition) is 0. The summed E-state index contributed by atoms with van der Waals surface area (Å²) in [6, 6.07) is 8.49. The summed E-state index contributed by atoms with van der Waals surface area (Å²) < 4.78 is 33.8. The van der Waals surface area contributed by atoms with E-state index in [1.165, 1.54) is 22.9 Å². The van der Waals surface area contributed by atoms with Crippen LogP contribution in [0.5, 0.6) is 0 Å². The minimum Gasteiger partial charge on any atom is -0.444 e. The molecule has 2 aliphatic rings. The van der Waals surface area contributed by atoms with Gasteiger partial charge in [0.1, 0.15) is 23.9 Å². The Kier molecular flexibility index (Phi) is 6.21. The van der Waals surface area contributed by atoms with Crippen LogP contribution in [0.15, 0.2) is 47.8 Å². The van der Waals surface area contributed by atoms with Gasteiger partial charge >= 0.3 is 6.09 Å². The van der Waals surface area contributed by atoms with Crippen LogP contribution in [0.3, 0.4) is 0 Å². The molecule has 37 heavy (non-hydrogen) atoms. The van der Waals surface area contributed by atoms with E-state index >= 15 is 0 Å². The zero-order valence-corrected chi connectivity index (χ0v) is 23.0. The quantitative estimate of drug-likeness (QED) is 0.476. The highest BCUT2D eigenvalue weighted by molar-refractivity contribution is 7.90. The number of rotatable bonds is 4. The Labute approximate surface area is 218 Å². The number of anilines is 1. The lowest BCUT2D eigenvalue weighted by atomic mass is 9.65. The molecule has 1 amide bonds. The van der Waals surface area contributed by atoms with Crippen LogP contribution in [0, 0.1) is 12.3 Å². The van der Waals surface area contributed by atoms with E-state index < -0.39 is 15.6 Å². The number of likely N-dealkylation sites (tertiary alicyclic amines) is 1. The van der Waals surface area contributed by atoms with Crippen LogP contribution < -0.4 is 4.90 Å². The normalized spacial score (nSPS) is 19.6. The molecule has 0 radical (unpaired) electrons. The van der Waals surface area contributed by atoms with E-state index in [1.54, 1.807) is 35.2 Å². The molecule has 1 aliphatic carbocycles. The molecule has 1 spiro atoms. The van der Waals surface area contributed by atoms with Crippen molar-refractivity contribution < 1.29 is 17.9 Å². The molecular formula is C27H35N5O4S. The summed E-state index contributed by atoms with van der Waals surface area (Å²) in [5, 5.41) is 0.614. The summed E-state index contributed by atoms with van der Waals surface area (Å²) in [6.45, 7) is 8.16. The third-order valence-electron chi connectivity index (χ3n) is 7.51. The molecule has 0 bridgehead atoms. The van der Waals surface area contributed by atoms with Crippen LogP contribution >= 0.6 is 0 Å². The second-order valence-electron chi connectivity index (χ2n) is 11.4. The second-order valence-corrected chi connectivity index (χ2v) is 13.2. The van der Waals surface area contributed by atoms with Crippen LogP contribution in [0.4, 0.5) is 10.6 Å². The van der Waals surface area contributed by atoms with E-state index in [0.29, 0.717) is 23.4 Å². The minimum atomic E-state index is -3.84. The third-order valence-corrected chi connectivity index (χ3v) is 9.19. The van der Waals surface area contributed by atoms with Crippen molar-refractivity contribution in [1.29, 1.82) is 0 Å². The SMILES string of the molecule is Cc1ccc(S(=O)(=O)n2ccc3c(N(C)C4N(C(=O)OC(C)(C)C)CC45CCCCC5)ncnc32)cc1. The van der Waals surface area contributed by atoms with Crippen molar-refractivity contribution in [2.45, 2.75) is 76.5 Å². The van der Waals surface area contributed by atoms with E-state index in [1.807, 2.05) is 39.6 Å². The van der Waals surface area contributed by atoms with Gasteiger partial charge in [0.15, 0.2) is 5.65 Å². The number of ether oxygens (including phenoxy) is 1. The molecule has 1 atom stereocenters. The fourth-order valence-electron chi connectivity index (χ4n) is 5.83. The number of carbonyl (C=O) groups is 1. The topological polar surface area (TPSA) is 97.6 Å². The lowest BCUT2D eigenvalue weighted by Gasteiger charge is -2.61. The summed E-state index contributed by atoms with van der Waals surface area (Å²) in [5.74, 6) is 0.589. The maximum absolute atomic E-state index is 13.4. The molecule has 198 valence electrons. The highest BCUT2D eigenvalue weighted by Crippen LogP contribution is 2.51. The van der Waals surface area contributed by atoms with Gasteiger partial charge in [-0.25, -0.2) is 27.2 Å². The van der Waals surface area contributed by atoms with Crippen molar-refractivity contribution in [3.8, 4) is 0 Å². The van der Waals surface area contributed by atoms with Gasteiger partial charge in [-0.2, -0.15) is 0 Å². The predicted octanol–water partition coefficient (Wildman–Crippen LogP) is 4.94. The number of nitrogens with zero attached hydrogens (tertiary/aromatic N) is 5. The molecule has 5 rings (SSSR count). The molecule has 1 aromatic carbocycles. The number of aromatic nitrogens is 3. The number of fused-ring (bicyclic) bond motifs is 1. The fraction of sp³-hybridized carbons (Fsp3) is 0.519. The first-order chi connectivity index (χ1) is 17.4. The molecule has 0 N–H and O–H groups in total. The van der Waals surface area contributed by atoms with Crippen LogP contribution in [-0.2, 0) is 14.8 Å². The molecule has 9 nitrogen and oxygen atoms in total. The van der Waals surface area contributed by atoms with Crippen LogP contribution in [0.1, 0.15) is 58.4 Å². The van der Waals surface area contributed by atoms with Gasteiger partial charge in [-0.1, -0.05) is 37.0 Å². The highest BCUT2D eigenvalue weighted by atomic mass is 32.2. The summed E-state index contributed by atoms with van der Waals surface area (Å²) in [7, 11) is -1.92. The molecule has 10 heteroatoms. The van der Waals surface area contributed by atoms with Crippen LogP contribution in [0.2, 0.25) is 0 Å². The van der Waals surface area contributed by atoms with Gasteiger partial charge in [-0.05, 0) is 58.7 Å². The number of benzene rings is 1. The molecule has 2 aromatic heterocycles. The molecule has 1 aliphatic heterocycles. The maximum atomic E-state index is 13.4. The largest absolute Gasteiger partial charge is 0.444 e. The Bertz CT molecular complexity index is 1420. The minimum absolute atomic E-state index is 0.0439. The molecule has 2 fully saturated rings. The molecule has 1 saturated heterocycles. The zero-order valence-electron chi connectivity index (χ0n) is 22.1. The Morgan fingerprint density at radius 1 is 1.08 bits per heavy atom. The Balaban J connectivity index is 1.54. The molecule has 3 heterocycles. The lowest BCUT2D eigenvalue weighted by Crippen LogP contribution is -2.72. The highest BCUT2D eigenvalue weighted by Gasteiger charge is 2.57. The van der Waals surface area contributed by atoms with Crippen molar-refractivity contribution in [3.63, 3.8) is 0 Å². The van der Waals surface area contributed by atoms with E-state index in [9.17, 15) is 13.2 Å². The van der Waals surface area contributed by atoms with Gasteiger partial charge in [0.25, 0.3) is 10.0 Å². The van der Waals surface area contributed by atoms with Gasteiger partial charge in [-0.15, -0.1) is 0 Å². The number of amides is 1. The summed E-state index contributed by atoms with van der Waals surface area (Å²) in [6.07, 6.45) is 7.82. The van der Waals surface area contributed by atoms with Crippen molar-refractivity contribution >= 4 is 33.0 Å². The number of carbonyl (C=O) groups excluding carboxylic acids is 1. The first-order valence-electron chi connectivity index (χ1n) is 12.8. The molecule has 1 saturated carbocycles. The fourth-order valence-corrected chi connectivity index (χ4v) is 7.13. The Hall–Kier alpha value is -3.14. The van der Waals surface area contributed by atoms with Gasteiger partial charge < -0.3 is 9.64 Å². The second kappa shape index (κ2) is 9.01. The van der Waals surface area contributed by atoms with Crippen LogP contribution in [0.25, 0.3) is 11.0 Å². The monoisotopic (exact) mass is 525 g/mol. The average Bonchev–Trinajstić information content (AvgIpc) is 3.27. The predicted molar refractivity (Wildman–Crippen MR) is 142 cm³/mol. The van der Waals surface area contributed by atoms with Crippen molar-refractivity contribution in [2.75, 3.05) is 18.5 Å². The van der Waals surface area contributed by atoms with Gasteiger partial charge in [0, 0.05) is 25.2 Å². The Morgan fingerprint density at radius 2 is 1.76 bits per heavy atom. The summed E-state index contributed by atoms with van der Waals surface area (Å²) in [5.41, 5.74) is 0.643. The average molecular weight is 526 g/mol. The lowest BCUT2D eigenvalue weighted by molar-refractivity contribution is -0.0968. The maximum Gasteiger partial charge on any atom is 0.411 e. The number of hydrogen-bond acceptors (Lipinski definition) is 7. The molecule has 3 aromatic rings. The summed E-state index contributed by atoms with van der Waals surface area (Å²) >= 11 is 0. The van der Waals surface area contributed by atoms with Gasteiger partial charge in [-0.3, -0.25) is 4.90 Å². The van der Waals surface area contributed by atoms with Crippen molar-refractivity contribution in [1.82, 2.24) is 18.8 Å². The summed E-state index contributed by atoms with van der Waals surface area (Å²) in [4.78, 5) is 26.0. The number of aryl methyl sites for hydroxylation is 1. The van der Waals surface area contributed by atoms with Crippen molar-refractivity contribution in [3.05, 3.63) is 48.4 Å². The van der Waals surface area contributed by atoms with E-state index in [0.717, 1.165) is 31.2 Å². The van der Waals surface area contributed by atoms with E-state index in [2.05, 4.69) is 9.97 Å².